The molecule has 8 heteroatoms. The lowest BCUT2D eigenvalue weighted by atomic mass is 9.95. The molecule has 0 saturated carbocycles. The van der Waals surface area contributed by atoms with Crippen LogP contribution in [0, 0.1) is 0 Å². The van der Waals surface area contributed by atoms with Gasteiger partial charge in [-0.3, -0.25) is 14.6 Å². The predicted molar refractivity (Wildman–Crippen MR) is 134 cm³/mol. The van der Waals surface area contributed by atoms with Gasteiger partial charge in [0.05, 0.1) is 11.3 Å². The molecular formula is C26H23N5O2S. The minimum atomic E-state index is -0.498. The van der Waals surface area contributed by atoms with Crippen LogP contribution in [0.15, 0.2) is 67.1 Å². The third kappa shape index (κ3) is 4.40. The van der Waals surface area contributed by atoms with Crippen LogP contribution >= 0.6 is 11.3 Å². The number of nitrogens with one attached hydrogen (secondary N) is 1. The lowest BCUT2D eigenvalue weighted by Gasteiger charge is -2.11. The van der Waals surface area contributed by atoms with Crippen LogP contribution in [-0.2, 0) is 17.6 Å². The number of primary amides is 1. The number of rotatable bonds is 6. The van der Waals surface area contributed by atoms with Crippen LogP contribution in [-0.4, -0.2) is 26.6 Å². The number of thiophene rings is 1. The molecule has 1 aromatic carbocycles. The average molecular weight is 470 g/mol. The topological polar surface area (TPSA) is 103 Å². The zero-order valence-electron chi connectivity index (χ0n) is 18.4. The average Bonchev–Trinajstić information content (AvgIpc) is 3.45. The molecule has 2 amide bonds. The van der Waals surface area contributed by atoms with Crippen LogP contribution < -0.4 is 11.1 Å². The van der Waals surface area contributed by atoms with E-state index in [2.05, 4.69) is 10.3 Å². The molecule has 0 atom stereocenters. The first kappa shape index (κ1) is 21.8. The molecule has 1 aliphatic carbocycles. The normalized spacial score (nSPS) is 13.1. The van der Waals surface area contributed by atoms with Gasteiger partial charge in [0.1, 0.15) is 10.7 Å². The van der Waals surface area contributed by atoms with Crippen molar-refractivity contribution in [3.63, 3.8) is 0 Å². The van der Waals surface area contributed by atoms with Gasteiger partial charge in [-0.1, -0.05) is 18.2 Å². The molecule has 0 unspecified atom stereocenters. The summed E-state index contributed by atoms with van der Waals surface area (Å²) in [4.78, 5) is 30.3. The second kappa shape index (κ2) is 9.44. The van der Waals surface area contributed by atoms with Crippen molar-refractivity contribution in [1.29, 1.82) is 0 Å². The van der Waals surface area contributed by atoms with Crippen LogP contribution in [0.3, 0.4) is 0 Å². The Labute approximate surface area is 201 Å². The standard InChI is InChI=1S/C26H23N5O2S/c27-25(33)23-20-10-4-5-11-21(20)34-26(23)29-22(32)13-12-18-16-31(19-8-2-1-3-9-19)30-24(18)17-7-6-14-28-15-17/h1-3,6-9,12-16H,4-5,10-11H2,(H2,27,33)(H,29,32). The van der Waals surface area contributed by atoms with E-state index in [1.807, 2.05) is 48.7 Å². The number of nitrogens with zero attached hydrogens (tertiary/aromatic N) is 3. The van der Waals surface area contributed by atoms with Crippen LogP contribution in [0.1, 0.15) is 39.2 Å². The lowest BCUT2D eigenvalue weighted by Crippen LogP contribution is -2.17. The van der Waals surface area contributed by atoms with Gasteiger partial charge in [-0.2, -0.15) is 5.10 Å². The summed E-state index contributed by atoms with van der Waals surface area (Å²) in [5.41, 5.74) is 10.3. The summed E-state index contributed by atoms with van der Waals surface area (Å²) in [7, 11) is 0. The number of carbonyl (C=O) groups excluding carboxylic acids is 2. The minimum absolute atomic E-state index is 0.328. The zero-order chi connectivity index (χ0) is 23.5. The smallest absolute Gasteiger partial charge is 0.251 e. The Balaban J connectivity index is 1.44. The van der Waals surface area contributed by atoms with Gasteiger partial charge >= 0.3 is 0 Å². The summed E-state index contributed by atoms with van der Waals surface area (Å²) < 4.78 is 1.78. The van der Waals surface area contributed by atoms with Gasteiger partial charge in [0.2, 0.25) is 5.91 Å². The molecule has 170 valence electrons. The van der Waals surface area contributed by atoms with Gasteiger partial charge in [-0.25, -0.2) is 4.68 Å². The highest BCUT2D eigenvalue weighted by Gasteiger charge is 2.24. The quantitative estimate of drug-likeness (QED) is 0.402. The number of benzene rings is 1. The van der Waals surface area contributed by atoms with E-state index in [0.717, 1.165) is 52.9 Å². The van der Waals surface area contributed by atoms with Crippen molar-refractivity contribution in [2.24, 2.45) is 5.73 Å². The molecule has 7 nitrogen and oxygen atoms in total. The molecule has 5 rings (SSSR count). The maximum atomic E-state index is 12.8. The second-order valence-corrected chi connectivity index (χ2v) is 9.16. The number of para-hydroxylation sites is 1. The highest BCUT2D eigenvalue weighted by atomic mass is 32.1. The minimum Gasteiger partial charge on any atom is -0.365 e. The van der Waals surface area contributed by atoms with E-state index in [0.29, 0.717) is 16.3 Å². The van der Waals surface area contributed by atoms with E-state index in [-0.39, 0.29) is 5.91 Å². The summed E-state index contributed by atoms with van der Waals surface area (Å²) in [6, 6.07) is 13.5. The molecule has 3 N–H and O–H groups in total. The number of aryl methyl sites for hydroxylation is 1. The van der Waals surface area contributed by atoms with Crippen LogP contribution in [0.25, 0.3) is 23.0 Å². The Morgan fingerprint density at radius 3 is 2.68 bits per heavy atom. The van der Waals surface area contributed by atoms with Crippen LogP contribution in [0.4, 0.5) is 5.00 Å². The predicted octanol–water partition coefficient (Wildman–Crippen LogP) is 4.63. The van der Waals surface area contributed by atoms with Gasteiger partial charge in [0.15, 0.2) is 0 Å². The van der Waals surface area contributed by atoms with E-state index in [4.69, 9.17) is 10.8 Å². The van der Waals surface area contributed by atoms with Crippen molar-refractivity contribution in [3.8, 4) is 16.9 Å². The summed E-state index contributed by atoms with van der Waals surface area (Å²) >= 11 is 1.45. The molecule has 3 aromatic heterocycles. The van der Waals surface area contributed by atoms with Gasteiger partial charge in [0.25, 0.3) is 5.91 Å². The fraction of sp³-hybridized carbons (Fsp3) is 0.154. The van der Waals surface area contributed by atoms with Gasteiger partial charge in [0, 0.05) is 40.7 Å². The maximum absolute atomic E-state index is 12.8. The summed E-state index contributed by atoms with van der Waals surface area (Å²) in [5.74, 6) is -0.827. The second-order valence-electron chi connectivity index (χ2n) is 8.06. The molecule has 34 heavy (non-hydrogen) atoms. The number of amides is 2. The first-order valence-electron chi connectivity index (χ1n) is 11.1. The number of fused-ring (bicyclic) bond motifs is 1. The van der Waals surface area contributed by atoms with Crippen LogP contribution in [0.2, 0.25) is 0 Å². The number of hydrogen-bond donors (Lipinski definition) is 2. The highest BCUT2D eigenvalue weighted by molar-refractivity contribution is 7.17. The number of carbonyl (C=O) groups is 2. The van der Waals surface area contributed by atoms with E-state index in [9.17, 15) is 9.59 Å². The molecule has 4 aromatic rings. The molecule has 0 spiro atoms. The van der Waals surface area contributed by atoms with E-state index in [1.165, 1.54) is 17.4 Å². The molecule has 1 aliphatic rings. The summed E-state index contributed by atoms with van der Waals surface area (Å²) in [6.07, 6.45) is 12.4. The van der Waals surface area contributed by atoms with E-state index < -0.39 is 5.91 Å². The van der Waals surface area contributed by atoms with Crippen molar-refractivity contribution in [2.45, 2.75) is 25.7 Å². The number of pyridine rings is 1. The lowest BCUT2D eigenvalue weighted by molar-refractivity contribution is -0.111. The Morgan fingerprint density at radius 2 is 1.91 bits per heavy atom. The number of anilines is 1. The van der Waals surface area contributed by atoms with Crippen molar-refractivity contribution in [1.82, 2.24) is 14.8 Å². The number of nitrogens with two attached hydrogens (primary N) is 1. The first-order valence-corrected chi connectivity index (χ1v) is 11.9. The van der Waals surface area contributed by atoms with Crippen molar-refractivity contribution < 1.29 is 9.59 Å². The maximum Gasteiger partial charge on any atom is 0.251 e. The number of aromatic nitrogens is 3. The van der Waals surface area contributed by atoms with Crippen molar-refractivity contribution >= 4 is 34.2 Å². The first-order chi connectivity index (χ1) is 16.6. The van der Waals surface area contributed by atoms with Crippen LogP contribution in [0.5, 0.6) is 0 Å². The molecule has 0 fully saturated rings. The Kier molecular flexibility index (Phi) is 6.05. The third-order valence-electron chi connectivity index (χ3n) is 5.77. The third-order valence-corrected chi connectivity index (χ3v) is 6.97. The number of hydrogen-bond acceptors (Lipinski definition) is 5. The molecule has 0 saturated heterocycles. The largest absolute Gasteiger partial charge is 0.365 e. The summed E-state index contributed by atoms with van der Waals surface area (Å²) in [6.45, 7) is 0. The monoisotopic (exact) mass is 469 g/mol. The highest BCUT2D eigenvalue weighted by Crippen LogP contribution is 2.38. The molecule has 3 heterocycles. The van der Waals surface area contributed by atoms with Crippen molar-refractivity contribution in [2.75, 3.05) is 5.32 Å². The molecular weight excluding hydrogens is 446 g/mol. The van der Waals surface area contributed by atoms with E-state index in [1.54, 1.807) is 23.2 Å². The fourth-order valence-electron chi connectivity index (χ4n) is 4.18. The SMILES string of the molecule is NC(=O)c1c(NC(=O)C=Cc2cn(-c3ccccc3)nc2-c2cccnc2)sc2c1CCCC2. The molecule has 0 bridgehead atoms. The Hall–Kier alpha value is -4.04. The van der Waals surface area contributed by atoms with Gasteiger partial charge < -0.3 is 11.1 Å². The van der Waals surface area contributed by atoms with Gasteiger partial charge in [-0.05, 0) is 61.6 Å². The van der Waals surface area contributed by atoms with E-state index >= 15 is 0 Å². The Morgan fingerprint density at radius 1 is 1.09 bits per heavy atom. The summed E-state index contributed by atoms with van der Waals surface area (Å²) in [5, 5.41) is 8.13. The molecule has 0 aliphatic heterocycles. The van der Waals surface area contributed by atoms with Crippen molar-refractivity contribution in [3.05, 3.63) is 88.7 Å². The zero-order valence-corrected chi connectivity index (χ0v) is 19.2. The molecule has 0 radical (unpaired) electrons. The Bertz CT molecular complexity index is 1370. The fourth-order valence-corrected chi connectivity index (χ4v) is 5.48. The van der Waals surface area contributed by atoms with Gasteiger partial charge in [-0.15, -0.1) is 11.3 Å².